The largest absolute Gasteiger partial charge is 0.384 e. The molecule has 1 amide bonds. The molecule has 0 atom stereocenters. The van der Waals surface area contributed by atoms with Crippen LogP contribution < -0.4 is 5.32 Å². The zero-order valence-electron chi connectivity index (χ0n) is 13.3. The number of carbonyl (C=O) groups excluding carboxylic acids is 1. The summed E-state index contributed by atoms with van der Waals surface area (Å²) < 4.78 is 0. The summed E-state index contributed by atoms with van der Waals surface area (Å²) in [6.45, 7) is 5.97. The van der Waals surface area contributed by atoms with Crippen LogP contribution >= 0.6 is 0 Å². The second-order valence-electron chi connectivity index (χ2n) is 5.89. The van der Waals surface area contributed by atoms with E-state index in [1.165, 1.54) is 12.8 Å². The lowest BCUT2D eigenvalue weighted by Crippen LogP contribution is -2.38. The maximum Gasteiger partial charge on any atom is 0.272 e. The molecule has 0 unspecified atom stereocenters. The van der Waals surface area contributed by atoms with Gasteiger partial charge in [-0.3, -0.25) is 4.79 Å². The quantitative estimate of drug-likeness (QED) is 0.900. The molecule has 1 saturated heterocycles. The summed E-state index contributed by atoms with van der Waals surface area (Å²) in [4.78, 5) is 20.8. The Balaban J connectivity index is 1.89. The number of carbonyl (C=O) groups is 1. The highest BCUT2D eigenvalue weighted by molar-refractivity contribution is 5.92. The minimum atomic E-state index is 0.0111. The first-order chi connectivity index (χ1) is 10.1. The van der Waals surface area contributed by atoms with Gasteiger partial charge in [0, 0.05) is 20.1 Å². The molecule has 116 valence electrons. The van der Waals surface area contributed by atoms with E-state index >= 15 is 0 Å². The molecule has 1 aromatic rings. The zero-order chi connectivity index (χ0) is 15.2. The Hall–Kier alpha value is -1.62. The van der Waals surface area contributed by atoms with Crippen molar-refractivity contribution in [2.24, 2.45) is 5.92 Å². The molecule has 1 aliphatic heterocycles. The Morgan fingerprint density at radius 1 is 1.43 bits per heavy atom. The maximum absolute atomic E-state index is 12.4. The van der Waals surface area contributed by atoms with E-state index in [1.807, 2.05) is 24.9 Å². The molecule has 2 heterocycles. The predicted molar refractivity (Wildman–Crippen MR) is 85.6 cm³/mol. The Morgan fingerprint density at radius 3 is 2.71 bits per heavy atom. The van der Waals surface area contributed by atoms with E-state index in [-0.39, 0.29) is 5.91 Å². The summed E-state index contributed by atoms with van der Waals surface area (Å²) in [5, 5.41) is 3.18. The van der Waals surface area contributed by atoms with Gasteiger partial charge >= 0.3 is 0 Å². The fourth-order valence-corrected chi connectivity index (χ4v) is 2.74. The van der Waals surface area contributed by atoms with Crippen molar-refractivity contribution in [2.45, 2.75) is 19.8 Å². The molecule has 5 nitrogen and oxygen atoms in total. The van der Waals surface area contributed by atoms with Crippen molar-refractivity contribution < 1.29 is 4.79 Å². The molecule has 0 radical (unpaired) electrons. The van der Waals surface area contributed by atoms with Gasteiger partial charge in [0.1, 0.15) is 5.69 Å². The normalized spacial score (nSPS) is 16.7. The van der Waals surface area contributed by atoms with Crippen molar-refractivity contribution in [3.8, 4) is 0 Å². The summed E-state index contributed by atoms with van der Waals surface area (Å²) in [5.74, 6) is 0.619. The fraction of sp³-hybridized carbons (Fsp3) is 0.625. The molecule has 0 aliphatic carbocycles. The molecule has 0 saturated carbocycles. The number of aromatic nitrogens is 1. The molecule has 2 rings (SSSR count). The highest BCUT2D eigenvalue weighted by atomic mass is 16.2. The number of hydrogen-bond donors (Lipinski definition) is 1. The third-order valence-electron chi connectivity index (χ3n) is 4.08. The van der Waals surface area contributed by atoms with Crippen LogP contribution in [0, 0.1) is 5.92 Å². The molecule has 1 aliphatic rings. The fourth-order valence-electron chi connectivity index (χ4n) is 2.74. The van der Waals surface area contributed by atoms with Gasteiger partial charge in [-0.25, -0.2) is 4.98 Å². The monoisotopic (exact) mass is 290 g/mol. The van der Waals surface area contributed by atoms with Crippen molar-refractivity contribution >= 4 is 11.6 Å². The third-order valence-corrected chi connectivity index (χ3v) is 4.08. The van der Waals surface area contributed by atoms with Crippen molar-refractivity contribution in [3.05, 3.63) is 24.0 Å². The molecule has 0 spiro atoms. The van der Waals surface area contributed by atoms with Gasteiger partial charge in [0.25, 0.3) is 5.91 Å². The Kier molecular flexibility index (Phi) is 5.56. The Labute approximate surface area is 127 Å². The maximum atomic E-state index is 12.4. The molecule has 0 aromatic carbocycles. The summed E-state index contributed by atoms with van der Waals surface area (Å²) in [6.07, 6.45) is 4.06. The second-order valence-corrected chi connectivity index (χ2v) is 5.89. The number of rotatable bonds is 5. The minimum Gasteiger partial charge on any atom is -0.384 e. The smallest absolute Gasteiger partial charge is 0.272 e. The van der Waals surface area contributed by atoms with Crippen molar-refractivity contribution in [1.82, 2.24) is 14.8 Å². The van der Waals surface area contributed by atoms with E-state index in [2.05, 4.69) is 22.2 Å². The van der Waals surface area contributed by atoms with Gasteiger partial charge in [-0.2, -0.15) is 0 Å². The van der Waals surface area contributed by atoms with Gasteiger partial charge < -0.3 is 15.1 Å². The van der Waals surface area contributed by atoms with Gasteiger partial charge in [-0.1, -0.05) is 0 Å². The van der Waals surface area contributed by atoms with Crippen LogP contribution in [0.25, 0.3) is 0 Å². The number of likely N-dealkylation sites (tertiary alicyclic amines) is 1. The van der Waals surface area contributed by atoms with Crippen molar-refractivity contribution in [1.29, 1.82) is 0 Å². The van der Waals surface area contributed by atoms with Crippen LogP contribution in [0.1, 0.15) is 30.3 Å². The van der Waals surface area contributed by atoms with Crippen LogP contribution in [0.4, 0.5) is 5.69 Å². The number of anilines is 1. The first kappa shape index (κ1) is 15.8. The second kappa shape index (κ2) is 7.41. The molecular formula is C16H26N4O. The van der Waals surface area contributed by atoms with E-state index < -0.39 is 0 Å². The Bertz CT molecular complexity index is 452. The Morgan fingerprint density at radius 2 is 2.14 bits per heavy atom. The van der Waals surface area contributed by atoms with Gasteiger partial charge in [0.05, 0.1) is 11.9 Å². The van der Waals surface area contributed by atoms with Gasteiger partial charge in [-0.15, -0.1) is 0 Å². The summed E-state index contributed by atoms with van der Waals surface area (Å²) >= 11 is 0. The van der Waals surface area contributed by atoms with Crippen LogP contribution in [0.15, 0.2) is 18.3 Å². The molecular weight excluding hydrogens is 264 g/mol. The predicted octanol–water partition coefficient (Wildman–Crippen LogP) is 1.93. The molecule has 1 fully saturated rings. The SMILES string of the molecule is CCNc1ccc(C(=O)N(C)CC2CCN(C)CC2)nc1. The standard InChI is InChI=1S/C16H26N4O/c1-4-17-14-5-6-15(18-11-14)16(21)20(3)12-13-7-9-19(2)10-8-13/h5-6,11,13,17H,4,7-10,12H2,1-3H3. The van der Waals surface area contributed by atoms with Gasteiger partial charge in [-0.05, 0) is 58.0 Å². The molecule has 5 heteroatoms. The first-order valence-corrected chi connectivity index (χ1v) is 7.74. The number of nitrogens with zero attached hydrogens (tertiary/aromatic N) is 3. The third kappa shape index (κ3) is 4.43. The van der Waals surface area contributed by atoms with Gasteiger partial charge in [0.15, 0.2) is 0 Å². The number of amides is 1. The number of pyridine rings is 1. The number of piperidine rings is 1. The van der Waals surface area contributed by atoms with Crippen molar-refractivity contribution in [2.75, 3.05) is 45.6 Å². The van der Waals surface area contributed by atoms with E-state index in [1.54, 1.807) is 12.3 Å². The topological polar surface area (TPSA) is 48.5 Å². The summed E-state index contributed by atoms with van der Waals surface area (Å²) in [6, 6.07) is 3.71. The van der Waals surface area contributed by atoms with Crippen LogP contribution in [0.5, 0.6) is 0 Å². The molecule has 1 aromatic heterocycles. The summed E-state index contributed by atoms with van der Waals surface area (Å²) in [7, 11) is 4.03. The van der Waals surface area contributed by atoms with Crippen molar-refractivity contribution in [3.63, 3.8) is 0 Å². The molecule has 21 heavy (non-hydrogen) atoms. The van der Waals surface area contributed by atoms with Crippen LogP contribution in [-0.2, 0) is 0 Å². The minimum absolute atomic E-state index is 0.0111. The number of nitrogens with one attached hydrogen (secondary N) is 1. The lowest BCUT2D eigenvalue weighted by Gasteiger charge is -2.31. The van der Waals surface area contributed by atoms with E-state index in [4.69, 9.17) is 0 Å². The number of hydrogen-bond acceptors (Lipinski definition) is 4. The van der Waals surface area contributed by atoms with Crippen LogP contribution in [0.3, 0.4) is 0 Å². The summed E-state index contributed by atoms with van der Waals surface area (Å²) in [5.41, 5.74) is 1.47. The average molecular weight is 290 g/mol. The van der Waals surface area contributed by atoms with E-state index in [9.17, 15) is 4.79 Å². The molecule has 0 bridgehead atoms. The zero-order valence-corrected chi connectivity index (χ0v) is 13.3. The van der Waals surface area contributed by atoms with Gasteiger partial charge in [0.2, 0.25) is 0 Å². The highest BCUT2D eigenvalue weighted by Crippen LogP contribution is 2.17. The first-order valence-electron chi connectivity index (χ1n) is 7.74. The molecule has 1 N–H and O–H groups in total. The van der Waals surface area contributed by atoms with Crippen LogP contribution in [0.2, 0.25) is 0 Å². The van der Waals surface area contributed by atoms with Crippen LogP contribution in [-0.4, -0.2) is 61.0 Å². The van der Waals surface area contributed by atoms with E-state index in [0.717, 1.165) is 31.9 Å². The van der Waals surface area contributed by atoms with E-state index in [0.29, 0.717) is 11.6 Å². The highest BCUT2D eigenvalue weighted by Gasteiger charge is 2.21. The lowest BCUT2D eigenvalue weighted by molar-refractivity contribution is 0.0741. The lowest BCUT2D eigenvalue weighted by atomic mass is 9.96. The average Bonchev–Trinajstić information content (AvgIpc) is 2.50.